The molecular formula is C15H11N3O2. The highest BCUT2D eigenvalue weighted by atomic mass is 16.4. The number of para-hydroxylation sites is 1. The molecule has 0 unspecified atom stereocenters. The minimum atomic E-state index is -0.989. The Morgan fingerprint density at radius 2 is 1.90 bits per heavy atom. The van der Waals surface area contributed by atoms with Crippen molar-refractivity contribution in [2.24, 2.45) is 0 Å². The van der Waals surface area contributed by atoms with Crippen molar-refractivity contribution < 1.29 is 9.90 Å². The Morgan fingerprint density at radius 1 is 1.05 bits per heavy atom. The van der Waals surface area contributed by atoms with E-state index in [1.807, 2.05) is 30.3 Å². The maximum atomic E-state index is 10.7. The highest BCUT2D eigenvalue weighted by molar-refractivity contribution is 5.87. The summed E-state index contributed by atoms with van der Waals surface area (Å²) in [5.74, 6) is -0.413. The van der Waals surface area contributed by atoms with Gasteiger partial charge in [-0.1, -0.05) is 18.2 Å². The first-order valence-corrected chi connectivity index (χ1v) is 6.03. The first-order chi connectivity index (χ1) is 9.72. The molecule has 0 fully saturated rings. The van der Waals surface area contributed by atoms with Crippen LogP contribution < -0.4 is 5.32 Å². The molecule has 3 aromatic rings. The first kappa shape index (κ1) is 12.1. The van der Waals surface area contributed by atoms with Crippen molar-refractivity contribution in [1.82, 2.24) is 9.97 Å². The van der Waals surface area contributed by atoms with Crippen LogP contribution >= 0.6 is 0 Å². The molecular weight excluding hydrogens is 254 g/mol. The van der Waals surface area contributed by atoms with Gasteiger partial charge in [0.2, 0.25) is 0 Å². The van der Waals surface area contributed by atoms with Gasteiger partial charge in [-0.05, 0) is 24.3 Å². The van der Waals surface area contributed by atoms with Gasteiger partial charge in [-0.15, -0.1) is 0 Å². The van der Waals surface area contributed by atoms with Crippen LogP contribution in [0.5, 0.6) is 0 Å². The number of pyridine rings is 2. The minimum Gasteiger partial charge on any atom is -0.478 e. The number of fused-ring (bicyclic) bond motifs is 1. The van der Waals surface area contributed by atoms with E-state index >= 15 is 0 Å². The van der Waals surface area contributed by atoms with E-state index in [1.54, 1.807) is 12.3 Å². The largest absolute Gasteiger partial charge is 0.478 e. The van der Waals surface area contributed by atoms with Crippen molar-refractivity contribution in [3.8, 4) is 0 Å². The second kappa shape index (κ2) is 4.97. The summed E-state index contributed by atoms with van der Waals surface area (Å²) in [4.78, 5) is 19.1. The van der Waals surface area contributed by atoms with Gasteiger partial charge >= 0.3 is 5.97 Å². The zero-order chi connectivity index (χ0) is 13.9. The van der Waals surface area contributed by atoms with E-state index < -0.39 is 5.97 Å². The lowest BCUT2D eigenvalue weighted by Crippen LogP contribution is -1.99. The maximum absolute atomic E-state index is 10.7. The molecule has 0 bridgehead atoms. The second-order valence-electron chi connectivity index (χ2n) is 4.28. The Labute approximate surface area is 114 Å². The summed E-state index contributed by atoms with van der Waals surface area (Å²) >= 11 is 0. The van der Waals surface area contributed by atoms with E-state index in [-0.39, 0.29) is 5.56 Å². The number of anilines is 2. The topological polar surface area (TPSA) is 75.1 Å². The van der Waals surface area contributed by atoms with Gasteiger partial charge in [0.05, 0.1) is 23.0 Å². The van der Waals surface area contributed by atoms with E-state index in [9.17, 15) is 4.79 Å². The smallest absolute Gasteiger partial charge is 0.337 e. The monoisotopic (exact) mass is 265 g/mol. The Kier molecular flexibility index (Phi) is 3.01. The quantitative estimate of drug-likeness (QED) is 0.761. The van der Waals surface area contributed by atoms with Crippen molar-refractivity contribution in [3.05, 3.63) is 60.4 Å². The summed E-state index contributed by atoms with van der Waals surface area (Å²) < 4.78 is 0. The van der Waals surface area contributed by atoms with E-state index in [0.717, 1.165) is 16.6 Å². The number of carbonyl (C=O) groups is 1. The van der Waals surface area contributed by atoms with Crippen molar-refractivity contribution >= 4 is 28.4 Å². The van der Waals surface area contributed by atoms with Crippen molar-refractivity contribution in [3.63, 3.8) is 0 Å². The number of benzene rings is 1. The molecule has 0 saturated heterocycles. The molecule has 20 heavy (non-hydrogen) atoms. The van der Waals surface area contributed by atoms with Gasteiger partial charge < -0.3 is 10.4 Å². The third kappa shape index (κ3) is 2.42. The molecule has 5 nitrogen and oxygen atoms in total. The van der Waals surface area contributed by atoms with Gasteiger partial charge in [-0.25, -0.2) is 9.78 Å². The summed E-state index contributed by atoms with van der Waals surface area (Å²) in [6.45, 7) is 0. The fourth-order valence-electron chi connectivity index (χ4n) is 1.88. The number of carboxylic acid groups (broad SMARTS) is 1. The SMILES string of the molecule is O=C(O)c1ccc(Nc2cnc3ccccc3c2)nc1. The molecule has 5 heteroatoms. The lowest BCUT2D eigenvalue weighted by molar-refractivity contribution is 0.0696. The lowest BCUT2D eigenvalue weighted by Gasteiger charge is -2.06. The molecule has 98 valence electrons. The third-order valence-corrected chi connectivity index (χ3v) is 2.87. The molecule has 0 atom stereocenters. The molecule has 0 aliphatic rings. The number of rotatable bonds is 3. The van der Waals surface area contributed by atoms with E-state index in [2.05, 4.69) is 15.3 Å². The Bertz CT molecular complexity index is 769. The summed E-state index contributed by atoms with van der Waals surface area (Å²) in [5, 5.41) is 12.9. The zero-order valence-corrected chi connectivity index (χ0v) is 10.4. The van der Waals surface area contributed by atoms with Gasteiger partial charge in [0.1, 0.15) is 5.82 Å². The molecule has 1 aromatic carbocycles. The molecule has 2 heterocycles. The molecule has 0 radical (unpaired) electrons. The van der Waals surface area contributed by atoms with E-state index in [0.29, 0.717) is 5.82 Å². The van der Waals surface area contributed by atoms with Crippen LogP contribution in [0.2, 0.25) is 0 Å². The summed E-state index contributed by atoms with van der Waals surface area (Å²) in [6, 6.07) is 12.9. The van der Waals surface area contributed by atoms with Crippen LogP contribution in [-0.2, 0) is 0 Å². The Hall–Kier alpha value is -2.95. The fraction of sp³-hybridized carbons (Fsp3) is 0. The number of aromatic nitrogens is 2. The highest BCUT2D eigenvalue weighted by Gasteiger charge is 2.03. The van der Waals surface area contributed by atoms with Crippen molar-refractivity contribution in [2.45, 2.75) is 0 Å². The molecule has 0 aliphatic carbocycles. The van der Waals surface area contributed by atoms with Gasteiger partial charge in [0.15, 0.2) is 0 Å². The van der Waals surface area contributed by atoms with Crippen LogP contribution in [0.15, 0.2) is 54.9 Å². The van der Waals surface area contributed by atoms with Gasteiger partial charge in [-0.3, -0.25) is 4.98 Å². The first-order valence-electron chi connectivity index (χ1n) is 6.03. The predicted molar refractivity (Wildman–Crippen MR) is 76.2 cm³/mol. The molecule has 0 saturated carbocycles. The standard InChI is InChI=1S/C15H11N3O2/c19-15(20)11-5-6-14(17-8-11)18-12-7-10-3-1-2-4-13(10)16-9-12/h1-9H,(H,17,18)(H,19,20). The average Bonchev–Trinajstić information content (AvgIpc) is 2.48. The number of aromatic carboxylic acids is 1. The van der Waals surface area contributed by atoms with Gasteiger partial charge in [0.25, 0.3) is 0 Å². The zero-order valence-electron chi connectivity index (χ0n) is 10.4. The second-order valence-corrected chi connectivity index (χ2v) is 4.28. The minimum absolute atomic E-state index is 0.159. The van der Waals surface area contributed by atoms with Crippen LogP contribution in [0.1, 0.15) is 10.4 Å². The highest BCUT2D eigenvalue weighted by Crippen LogP contribution is 2.19. The molecule has 2 N–H and O–H groups in total. The Balaban J connectivity index is 1.87. The Morgan fingerprint density at radius 3 is 2.65 bits per heavy atom. The number of nitrogens with zero attached hydrogens (tertiary/aromatic N) is 2. The number of hydrogen-bond donors (Lipinski definition) is 2. The number of nitrogens with one attached hydrogen (secondary N) is 1. The van der Waals surface area contributed by atoms with Crippen LogP contribution in [0, 0.1) is 0 Å². The van der Waals surface area contributed by atoms with Gasteiger partial charge in [0, 0.05) is 11.6 Å². The van der Waals surface area contributed by atoms with Crippen LogP contribution in [0.4, 0.5) is 11.5 Å². The summed E-state index contributed by atoms with van der Waals surface area (Å²) in [7, 11) is 0. The maximum Gasteiger partial charge on any atom is 0.337 e. The molecule has 0 amide bonds. The molecule has 2 aromatic heterocycles. The average molecular weight is 265 g/mol. The third-order valence-electron chi connectivity index (χ3n) is 2.87. The fourth-order valence-corrected chi connectivity index (χ4v) is 1.88. The normalized spacial score (nSPS) is 10.4. The van der Waals surface area contributed by atoms with Crippen LogP contribution in [0.3, 0.4) is 0 Å². The van der Waals surface area contributed by atoms with Gasteiger partial charge in [-0.2, -0.15) is 0 Å². The van der Waals surface area contributed by atoms with Crippen LogP contribution in [-0.4, -0.2) is 21.0 Å². The van der Waals surface area contributed by atoms with Crippen LogP contribution in [0.25, 0.3) is 10.9 Å². The van der Waals surface area contributed by atoms with E-state index in [4.69, 9.17) is 5.11 Å². The number of hydrogen-bond acceptors (Lipinski definition) is 4. The predicted octanol–water partition coefficient (Wildman–Crippen LogP) is 3.07. The van der Waals surface area contributed by atoms with E-state index in [1.165, 1.54) is 12.3 Å². The molecule has 0 aliphatic heterocycles. The van der Waals surface area contributed by atoms with Crippen molar-refractivity contribution in [1.29, 1.82) is 0 Å². The summed E-state index contributed by atoms with van der Waals surface area (Å²) in [5.41, 5.74) is 1.89. The molecule has 3 rings (SSSR count). The van der Waals surface area contributed by atoms with Crippen molar-refractivity contribution in [2.75, 3.05) is 5.32 Å². The number of carboxylic acids is 1. The molecule has 0 spiro atoms. The lowest BCUT2D eigenvalue weighted by atomic mass is 10.2. The summed E-state index contributed by atoms with van der Waals surface area (Å²) in [6.07, 6.45) is 3.04.